The van der Waals surface area contributed by atoms with Gasteiger partial charge in [-0.25, -0.2) is 4.39 Å². The lowest BCUT2D eigenvalue weighted by Crippen LogP contribution is -2.34. The largest absolute Gasteiger partial charge is 0.341 e. The Labute approximate surface area is 92.0 Å². The Hall–Kier alpha value is -1.91. The first-order valence-electron chi connectivity index (χ1n) is 4.85. The Morgan fingerprint density at radius 3 is 2.81 bits per heavy atom. The second kappa shape index (κ2) is 3.59. The van der Waals surface area contributed by atoms with Gasteiger partial charge in [0.2, 0.25) is 5.91 Å². The molecular weight excluding hydrogens is 211 g/mol. The van der Waals surface area contributed by atoms with Crippen LogP contribution < -0.4 is 10.2 Å². The van der Waals surface area contributed by atoms with E-state index in [0.29, 0.717) is 11.3 Å². The molecule has 0 unspecified atom stereocenters. The average molecular weight is 222 g/mol. The summed E-state index contributed by atoms with van der Waals surface area (Å²) in [7, 11) is 1.60. The maximum atomic E-state index is 13.1. The molecule has 0 radical (unpaired) electrons. The van der Waals surface area contributed by atoms with E-state index >= 15 is 0 Å². The zero-order chi connectivity index (χ0) is 11.9. The Kier molecular flexibility index (Phi) is 2.38. The van der Waals surface area contributed by atoms with E-state index in [1.807, 2.05) is 0 Å². The molecule has 1 aromatic rings. The number of anilines is 1. The van der Waals surface area contributed by atoms with Crippen LogP contribution in [-0.2, 0) is 9.59 Å². The van der Waals surface area contributed by atoms with Gasteiger partial charge in [-0.1, -0.05) is 0 Å². The fourth-order valence-electron chi connectivity index (χ4n) is 1.85. The van der Waals surface area contributed by atoms with Crippen molar-refractivity contribution in [1.29, 1.82) is 0 Å². The van der Waals surface area contributed by atoms with Crippen molar-refractivity contribution in [3.63, 3.8) is 0 Å². The minimum atomic E-state index is -0.770. The fraction of sp³-hybridized carbons (Fsp3) is 0.273. The van der Waals surface area contributed by atoms with Crippen molar-refractivity contribution in [2.24, 2.45) is 0 Å². The predicted molar refractivity (Wildman–Crippen MR) is 56.4 cm³/mol. The summed E-state index contributed by atoms with van der Waals surface area (Å²) in [6.45, 7) is 1.32. The zero-order valence-corrected chi connectivity index (χ0v) is 8.95. The second-order valence-electron chi connectivity index (χ2n) is 3.73. The molecule has 0 spiro atoms. The number of amides is 2. The number of rotatable bonds is 1. The van der Waals surface area contributed by atoms with Crippen LogP contribution in [0.15, 0.2) is 18.2 Å². The van der Waals surface area contributed by atoms with Gasteiger partial charge in [-0.2, -0.15) is 0 Å². The Morgan fingerprint density at radius 1 is 1.50 bits per heavy atom. The van der Waals surface area contributed by atoms with E-state index in [1.165, 1.54) is 30.0 Å². The molecule has 1 aliphatic rings. The first-order valence-corrected chi connectivity index (χ1v) is 4.85. The van der Waals surface area contributed by atoms with E-state index < -0.39 is 11.9 Å². The van der Waals surface area contributed by atoms with Crippen LogP contribution in [0.4, 0.5) is 10.1 Å². The first kappa shape index (κ1) is 10.6. The standard InChI is InChI=1S/C11H11FN2O2/c1-6(15)13-10-8-5-7(12)3-4-9(8)14(2)11(10)16/h3-5,10H,1-2H3,(H,13,15)/t10-/m1/s1. The molecule has 16 heavy (non-hydrogen) atoms. The summed E-state index contributed by atoms with van der Waals surface area (Å²) in [5, 5.41) is 2.51. The summed E-state index contributed by atoms with van der Waals surface area (Å²) in [6, 6.07) is 3.33. The third kappa shape index (κ3) is 1.54. The minimum Gasteiger partial charge on any atom is -0.341 e. The molecule has 0 saturated carbocycles. The van der Waals surface area contributed by atoms with Crippen molar-refractivity contribution in [2.75, 3.05) is 11.9 Å². The quantitative estimate of drug-likeness (QED) is 0.770. The highest BCUT2D eigenvalue weighted by Gasteiger charge is 2.35. The van der Waals surface area contributed by atoms with Gasteiger partial charge in [0.1, 0.15) is 11.9 Å². The number of nitrogens with zero attached hydrogens (tertiary/aromatic N) is 1. The number of hydrogen-bond acceptors (Lipinski definition) is 2. The monoisotopic (exact) mass is 222 g/mol. The third-order valence-electron chi connectivity index (χ3n) is 2.59. The van der Waals surface area contributed by atoms with Crippen molar-refractivity contribution in [3.8, 4) is 0 Å². The SMILES string of the molecule is CC(=O)N[C@H]1C(=O)N(C)c2ccc(F)cc21. The molecule has 1 aliphatic heterocycles. The van der Waals surface area contributed by atoms with Crippen LogP contribution in [0.3, 0.4) is 0 Å². The molecule has 4 nitrogen and oxygen atoms in total. The molecule has 2 rings (SSSR count). The predicted octanol–water partition coefficient (Wildman–Crippen LogP) is 0.979. The molecule has 5 heteroatoms. The maximum absolute atomic E-state index is 13.1. The number of likely N-dealkylation sites (N-methyl/N-ethyl adjacent to an activating group) is 1. The van der Waals surface area contributed by atoms with Crippen molar-refractivity contribution in [2.45, 2.75) is 13.0 Å². The van der Waals surface area contributed by atoms with Gasteiger partial charge in [0, 0.05) is 25.2 Å². The molecule has 0 aliphatic carbocycles. The lowest BCUT2D eigenvalue weighted by Gasteiger charge is -2.11. The highest BCUT2D eigenvalue weighted by atomic mass is 19.1. The van der Waals surface area contributed by atoms with E-state index in [4.69, 9.17) is 0 Å². The molecule has 0 fully saturated rings. The van der Waals surface area contributed by atoms with Gasteiger partial charge in [-0.3, -0.25) is 9.59 Å². The number of nitrogens with one attached hydrogen (secondary N) is 1. The van der Waals surface area contributed by atoms with E-state index in [0.717, 1.165) is 0 Å². The molecule has 0 bridgehead atoms. The van der Waals surface area contributed by atoms with Gasteiger partial charge < -0.3 is 10.2 Å². The van der Waals surface area contributed by atoms with E-state index in [9.17, 15) is 14.0 Å². The van der Waals surface area contributed by atoms with Crippen LogP contribution in [0.1, 0.15) is 18.5 Å². The van der Waals surface area contributed by atoms with Crippen molar-refractivity contribution < 1.29 is 14.0 Å². The normalized spacial score (nSPS) is 18.6. The summed E-state index contributed by atoms with van der Waals surface area (Å²) >= 11 is 0. The van der Waals surface area contributed by atoms with Crippen molar-refractivity contribution in [1.82, 2.24) is 5.32 Å². The minimum absolute atomic E-state index is 0.254. The molecule has 1 aromatic carbocycles. The summed E-state index contributed by atoms with van der Waals surface area (Å²) in [5.41, 5.74) is 1.13. The van der Waals surface area contributed by atoms with Crippen LogP contribution in [0.5, 0.6) is 0 Å². The lowest BCUT2D eigenvalue weighted by molar-refractivity contribution is -0.125. The maximum Gasteiger partial charge on any atom is 0.254 e. The number of benzene rings is 1. The second-order valence-corrected chi connectivity index (χ2v) is 3.73. The molecule has 1 heterocycles. The average Bonchev–Trinajstić information content (AvgIpc) is 2.43. The van der Waals surface area contributed by atoms with Crippen LogP contribution >= 0.6 is 0 Å². The number of carbonyl (C=O) groups is 2. The van der Waals surface area contributed by atoms with E-state index in [1.54, 1.807) is 7.05 Å². The fourth-order valence-corrected chi connectivity index (χ4v) is 1.85. The van der Waals surface area contributed by atoms with Gasteiger partial charge >= 0.3 is 0 Å². The van der Waals surface area contributed by atoms with Gasteiger partial charge in [0.25, 0.3) is 5.91 Å². The Bertz CT molecular complexity index is 473. The molecule has 84 valence electrons. The third-order valence-corrected chi connectivity index (χ3v) is 2.59. The Balaban J connectivity index is 2.47. The van der Waals surface area contributed by atoms with Gasteiger partial charge in [-0.15, -0.1) is 0 Å². The molecule has 1 atom stereocenters. The topological polar surface area (TPSA) is 49.4 Å². The van der Waals surface area contributed by atoms with Gasteiger partial charge in [0.05, 0.1) is 0 Å². The smallest absolute Gasteiger partial charge is 0.254 e. The van der Waals surface area contributed by atoms with Crippen LogP contribution in [0.2, 0.25) is 0 Å². The molecule has 1 N–H and O–H groups in total. The highest BCUT2D eigenvalue weighted by Crippen LogP contribution is 2.34. The summed E-state index contributed by atoms with van der Waals surface area (Å²) in [5.74, 6) is -0.989. The highest BCUT2D eigenvalue weighted by molar-refractivity contribution is 6.05. The number of carbonyl (C=O) groups excluding carboxylic acids is 2. The van der Waals surface area contributed by atoms with Gasteiger partial charge in [0.15, 0.2) is 0 Å². The first-order chi connectivity index (χ1) is 7.50. The number of halogens is 1. The lowest BCUT2D eigenvalue weighted by atomic mass is 10.1. The zero-order valence-electron chi connectivity index (χ0n) is 8.95. The summed E-state index contributed by atoms with van der Waals surface area (Å²) in [4.78, 5) is 24.2. The van der Waals surface area contributed by atoms with E-state index in [-0.39, 0.29) is 11.8 Å². The van der Waals surface area contributed by atoms with Gasteiger partial charge in [-0.05, 0) is 18.2 Å². The molecule has 0 saturated heterocycles. The van der Waals surface area contributed by atoms with Crippen molar-refractivity contribution >= 4 is 17.5 Å². The molecule has 2 amide bonds. The summed E-state index contributed by atoms with van der Waals surface area (Å²) in [6.07, 6.45) is 0. The molecular formula is C11H11FN2O2. The molecule has 0 aromatic heterocycles. The van der Waals surface area contributed by atoms with Crippen LogP contribution in [0, 0.1) is 5.82 Å². The number of hydrogen-bond donors (Lipinski definition) is 1. The summed E-state index contributed by atoms with van der Waals surface area (Å²) < 4.78 is 13.1. The van der Waals surface area contributed by atoms with Crippen LogP contribution in [0.25, 0.3) is 0 Å². The van der Waals surface area contributed by atoms with Crippen LogP contribution in [-0.4, -0.2) is 18.9 Å². The van der Waals surface area contributed by atoms with Crippen molar-refractivity contribution in [3.05, 3.63) is 29.6 Å². The number of fused-ring (bicyclic) bond motifs is 1. The Morgan fingerprint density at radius 2 is 2.19 bits per heavy atom. The van der Waals surface area contributed by atoms with E-state index in [2.05, 4.69) is 5.32 Å².